The van der Waals surface area contributed by atoms with Gasteiger partial charge in [0.1, 0.15) is 0 Å². The van der Waals surface area contributed by atoms with E-state index in [1.807, 2.05) is 24.9 Å². The summed E-state index contributed by atoms with van der Waals surface area (Å²) in [7, 11) is 5.25. The Kier molecular flexibility index (Phi) is 5.28. The van der Waals surface area contributed by atoms with Crippen molar-refractivity contribution < 1.29 is 9.47 Å². The number of benzene rings is 1. The molecule has 1 rings (SSSR count). The van der Waals surface area contributed by atoms with Gasteiger partial charge in [0, 0.05) is 31.5 Å². The zero-order valence-electron chi connectivity index (χ0n) is 10.8. The summed E-state index contributed by atoms with van der Waals surface area (Å²) >= 11 is 1.81. The van der Waals surface area contributed by atoms with Crippen LogP contribution in [0, 0.1) is 0 Å². The summed E-state index contributed by atoms with van der Waals surface area (Å²) in [5, 5.41) is 0. The first-order chi connectivity index (χ1) is 8.13. The molecule has 0 atom stereocenters. The van der Waals surface area contributed by atoms with Gasteiger partial charge in [-0.1, -0.05) is 0 Å². The number of ether oxygens (including phenoxy) is 2. The number of hydrogen-bond donors (Lipinski definition) is 1. The van der Waals surface area contributed by atoms with Crippen molar-refractivity contribution in [3.63, 3.8) is 0 Å². The van der Waals surface area contributed by atoms with Crippen LogP contribution in [-0.4, -0.2) is 39.8 Å². The molecule has 0 aromatic heterocycles. The summed E-state index contributed by atoms with van der Waals surface area (Å²) in [6.07, 6.45) is 2.09. The van der Waals surface area contributed by atoms with Crippen LogP contribution in [0.15, 0.2) is 12.1 Å². The van der Waals surface area contributed by atoms with Crippen LogP contribution in [0.25, 0.3) is 0 Å². The Morgan fingerprint density at radius 3 is 2.35 bits per heavy atom. The molecule has 0 aliphatic heterocycles. The summed E-state index contributed by atoms with van der Waals surface area (Å²) < 4.78 is 10.5. The maximum absolute atomic E-state index is 6.01. The Morgan fingerprint density at radius 2 is 1.82 bits per heavy atom. The molecule has 0 amide bonds. The SMILES string of the molecule is COc1cc(N)c(N(C)CCSC)cc1OC. The molecular formula is C12H20N2O2S. The Morgan fingerprint density at radius 1 is 1.24 bits per heavy atom. The third kappa shape index (κ3) is 3.36. The number of rotatable bonds is 6. The van der Waals surface area contributed by atoms with Gasteiger partial charge in [-0.2, -0.15) is 11.8 Å². The predicted molar refractivity (Wildman–Crippen MR) is 75.6 cm³/mol. The molecule has 5 heteroatoms. The number of anilines is 2. The van der Waals surface area contributed by atoms with E-state index in [1.165, 1.54) is 0 Å². The molecule has 96 valence electrons. The molecule has 0 heterocycles. The second kappa shape index (κ2) is 6.49. The van der Waals surface area contributed by atoms with Crippen LogP contribution >= 0.6 is 11.8 Å². The van der Waals surface area contributed by atoms with Gasteiger partial charge in [0.15, 0.2) is 11.5 Å². The largest absolute Gasteiger partial charge is 0.493 e. The van der Waals surface area contributed by atoms with Gasteiger partial charge in [-0.15, -0.1) is 0 Å². The average molecular weight is 256 g/mol. The first kappa shape index (κ1) is 13.8. The molecule has 0 radical (unpaired) electrons. The van der Waals surface area contributed by atoms with Crippen molar-refractivity contribution in [2.75, 3.05) is 50.5 Å². The molecule has 0 spiro atoms. The minimum absolute atomic E-state index is 0.659. The fraction of sp³-hybridized carbons (Fsp3) is 0.500. The van der Waals surface area contributed by atoms with Crippen molar-refractivity contribution >= 4 is 23.1 Å². The van der Waals surface area contributed by atoms with Crippen LogP contribution in [0.1, 0.15) is 0 Å². The summed E-state index contributed by atoms with van der Waals surface area (Å²) in [6.45, 7) is 0.945. The molecule has 1 aromatic carbocycles. The summed E-state index contributed by atoms with van der Waals surface area (Å²) in [5.41, 5.74) is 7.68. The second-order valence-corrected chi connectivity index (χ2v) is 4.67. The number of nitrogens with zero attached hydrogens (tertiary/aromatic N) is 1. The number of hydrogen-bond acceptors (Lipinski definition) is 5. The highest BCUT2D eigenvalue weighted by molar-refractivity contribution is 7.98. The van der Waals surface area contributed by atoms with E-state index in [9.17, 15) is 0 Å². The fourth-order valence-corrected chi connectivity index (χ4v) is 2.02. The number of thioether (sulfide) groups is 1. The van der Waals surface area contributed by atoms with E-state index in [4.69, 9.17) is 15.2 Å². The molecule has 1 aromatic rings. The lowest BCUT2D eigenvalue weighted by Gasteiger charge is -2.22. The third-order valence-corrected chi connectivity index (χ3v) is 3.17. The molecular weight excluding hydrogens is 236 g/mol. The number of nitrogen functional groups attached to an aromatic ring is 1. The minimum atomic E-state index is 0.659. The molecule has 0 unspecified atom stereocenters. The van der Waals surface area contributed by atoms with Crippen LogP contribution in [0.4, 0.5) is 11.4 Å². The van der Waals surface area contributed by atoms with Crippen LogP contribution in [0.5, 0.6) is 11.5 Å². The monoisotopic (exact) mass is 256 g/mol. The molecule has 0 saturated heterocycles. The van der Waals surface area contributed by atoms with E-state index >= 15 is 0 Å². The quantitative estimate of drug-likeness (QED) is 0.790. The van der Waals surface area contributed by atoms with Crippen LogP contribution < -0.4 is 20.1 Å². The van der Waals surface area contributed by atoms with Gasteiger partial charge in [0.05, 0.1) is 25.6 Å². The topological polar surface area (TPSA) is 47.7 Å². The first-order valence-electron chi connectivity index (χ1n) is 5.35. The average Bonchev–Trinajstić information content (AvgIpc) is 2.35. The summed E-state index contributed by atoms with van der Waals surface area (Å²) in [4.78, 5) is 2.12. The van der Waals surface area contributed by atoms with E-state index in [-0.39, 0.29) is 0 Å². The Hall–Kier alpha value is -1.23. The van der Waals surface area contributed by atoms with Gasteiger partial charge >= 0.3 is 0 Å². The zero-order chi connectivity index (χ0) is 12.8. The van der Waals surface area contributed by atoms with E-state index < -0.39 is 0 Å². The summed E-state index contributed by atoms with van der Waals surface area (Å²) in [6, 6.07) is 3.71. The Bertz CT molecular complexity index is 372. The molecule has 0 fully saturated rings. The molecule has 0 saturated carbocycles. The van der Waals surface area contributed by atoms with E-state index in [1.54, 1.807) is 20.3 Å². The maximum Gasteiger partial charge on any atom is 0.162 e. The van der Waals surface area contributed by atoms with Crippen molar-refractivity contribution in [2.24, 2.45) is 0 Å². The van der Waals surface area contributed by atoms with Gasteiger partial charge in [-0.05, 0) is 6.26 Å². The molecule has 2 N–H and O–H groups in total. The van der Waals surface area contributed by atoms with Gasteiger partial charge in [-0.25, -0.2) is 0 Å². The van der Waals surface area contributed by atoms with E-state index in [0.29, 0.717) is 17.2 Å². The van der Waals surface area contributed by atoms with Gasteiger partial charge in [-0.3, -0.25) is 0 Å². The normalized spacial score (nSPS) is 10.1. The summed E-state index contributed by atoms with van der Waals surface area (Å²) in [5.74, 6) is 2.42. The lowest BCUT2D eigenvalue weighted by atomic mass is 10.2. The smallest absolute Gasteiger partial charge is 0.162 e. The lowest BCUT2D eigenvalue weighted by molar-refractivity contribution is 0.355. The fourth-order valence-electron chi connectivity index (χ4n) is 1.56. The van der Waals surface area contributed by atoms with Gasteiger partial charge < -0.3 is 20.1 Å². The Balaban J connectivity index is 2.99. The maximum atomic E-state index is 6.01. The van der Waals surface area contributed by atoms with Crippen LogP contribution in [0.3, 0.4) is 0 Å². The number of methoxy groups -OCH3 is 2. The van der Waals surface area contributed by atoms with Crippen LogP contribution in [-0.2, 0) is 0 Å². The number of nitrogens with two attached hydrogens (primary N) is 1. The van der Waals surface area contributed by atoms with Crippen molar-refractivity contribution in [3.8, 4) is 11.5 Å². The second-order valence-electron chi connectivity index (χ2n) is 3.68. The Labute approximate surface area is 107 Å². The minimum Gasteiger partial charge on any atom is -0.493 e. The van der Waals surface area contributed by atoms with Gasteiger partial charge in [0.25, 0.3) is 0 Å². The first-order valence-corrected chi connectivity index (χ1v) is 6.75. The van der Waals surface area contributed by atoms with Crippen LogP contribution in [0.2, 0.25) is 0 Å². The van der Waals surface area contributed by atoms with E-state index in [2.05, 4.69) is 11.2 Å². The molecule has 0 bridgehead atoms. The van der Waals surface area contributed by atoms with Crippen molar-refractivity contribution in [1.82, 2.24) is 0 Å². The van der Waals surface area contributed by atoms with Gasteiger partial charge in [0.2, 0.25) is 0 Å². The highest BCUT2D eigenvalue weighted by atomic mass is 32.2. The van der Waals surface area contributed by atoms with E-state index in [0.717, 1.165) is 18.0 Å². The zero-order valence-corrected chi connectivity index (χ0v) is 11.6. The molecule has 4 nitrogen and oxygen atoms in total. The molecule has 17 heavy (non-hydrogen) atoms. The highest BCUT2D eigenvalue weighted by Gasteiger charge is 2.11. The molecule has 0 aliphatic carbocycles. The van der Waals surface area contributed by atoms with Crippen molar-refractivity contribution in [3.05, 3.63) is 12.1 Å². The third-order valence-electron chi connectivity index (χ3n) is 2.57. The lowest BCUT2D eigenvalue weighted by Crippen LogP contribution is -2.21. The van der Waals surface area contributed by atoms with Crippen molar-refractivity contribution in [1.29, 1.82) is 0 Å². The highest BCUT2D eigenvalue weighted by Crippen LogP contribution is 2.36. The standard InChI is InChI=1S/C12H20N2O2S/c1-14(5-6-17-4)10-8-12(16-3)11(15-2)7-9(10)13/h7-8H,5-6,13H2,1-4H3. The molecule has 0 aliphatic rings. The predicted octanol–water partition coefficient (Wildman–Crippen LogP) is 2.09. The van der Waals surface area contributed by atoms with Crippen molar-refractivity contribution in [2.45, 2.75) is 0 Å².